The summed E-state index contributed by atoms with van der Waals surface area (Å²) in [5.41, 5.74) is 1.11. The van der Waals surface area contributed by atoms with E-state index in [0.717, 1.165) is 5.56 Å². The molecule has 0 saturated carbocycles. The second-order valence-corrected chi connectivity index (χ2v) is 3.35. The summed E-state index contributed by atoms with van der Waals surface area (Å²) in [5.74, 6) is 0.251. The van der Waals surface area contributed by atoms with Crippen molar-refractivity contribution < 1.29 is 14.3 Å². The van der Waals surface area contributed by atoms with E-state index >= 15 is 0 Å². The number of carbonyl (C=O) groups excluding carboxylic acids is 1. The highest BCUT2D eigenvalue weighted by Gasteiger charge is 2.14. The van der Waals surface area contributed by atoms with Crippen LogP contribution in [0.2, 0.25) is 5.02 Å². The molecule has 0 saturated heterocycles. The maximum Gasteiger partial charge on any atom is 0.339 e. The van der Waals surface area contributed by atoms with Gasteiger partial charge in [0.2, 0.25) is 0 Å². The molecule has 0 fully saturated rings. The van der Waals surface area contributed by atoms with Crippen molar-refractivity contribution in [1.82, 2.24) is 0 Å². The molecule has 3 nitrogen and oxygen atoms in total. The lowest BCUT2D eigenvalue weighted by Gasteiger charge is -2.10. The van der Waals surface area contributed by atoms with Crippen molar-refractivity contribution >= 4 is 17.6 Å². The first-order valence-electron chi connectivity index (χ1n) is 4.62. The summed E-state index contributed by atoms with van der Waals surface area (Å²) in [4.78, 5) is 11.3. The molecule has 0 amide bonds. The minimum atomic E-state index is -0.439. The van der Waals surface area contributed by atoms with E-state index in [1.807, 2.05) is 6.92 Å². The molecule has 0 N–H and O–H groups in total. The predicted molar refractivity (Wildman–Crippen MR) is 58.7 cm³/mol. The van der Waals surface area contributed by atoms with Crippen molar-refractivity contribution in [2.24, 2.45) is 0 Å². The first kappa shape index (κ1) is 11.9. The number of esters is 1. The molecule has 0 radical (unpaired) electrons. The van der Waals surface area contributed by atoms with E-state index in [1.165, 1.54) is 7.11 Å². The average molecular weight is 229 g/mol. The molecule has 0 aliphatic carbocycles. The van der Waals surface area contributed by atoms with Crippen LogP contribution in [0.4, 0.5) is 0 Å². The summed E-state index contributed by atoms with van der Waals surface area (Å²) in [6.45, 7) is 4.26. The summed E-state index contributed by atoms with van der Waals surface area (Å²) in [5, 5.41) is 0.382. The van der Waals surface area contributed by atoms with Crippen molar-refractivity contribution in [3.63, 3.8) is 0 Å². The van der Waals surface area contributed by atoms with Gasteiger partial charge in [0.25, 0.3) is 0 Å². The summed E-state index contributed by atoms with van der Waals surface area (Å²) < 4.78 is 9.96. The van der Waals surface area contributed by atoms with Gasteiger partial charge in [-0.1, -0.05) is 11.6 Å². The van der Waals surface area contributed by atoms with Gasteiger partial charge in [-0.05, 0) is 26.0 Å². The Bertz CT molecular complexity index is 374. The van der Waals surface area contributed by atoms with Crippen LogP contribution in [0.3, 0.4) is 0 Å². The fraction of sp³-hybridized carbons (Fsp3) is 0.364. The van der Waals surface area contributed by atoms with Crippen LogP contribution in [0.1, 0.15) is 22.8 Å². The van der Waals surface area contributed by atoms with Gasteiger partial charge < -0.3 is 9.47 Å². The number of hydrogen-bond donors (Lipinski definition) is 0. The molecule has 1 aromatic carbocycles. The van der Waals surface area contributed by atoms with Crippen molar-refractivity contribution in [2.75, 3.05) is 13.7 Å². The van der Waals surface area contributed by atoms with E-state index in [2.05, 4.69) is 4.74 Å². The Morgan fingerprint density at radius 3 is 2.67 bits per heavy atom. The maximum absolute atomic E-state index is 11.3. The van der Waals surface area contributed by atoms with Gasteiger partial charge >= 0.3 is 5.97 Å². The summed E-state index contributed by atoms with van der Waals surface area (Å²) >= 11 is 6.03. The molecule has 15 heavy (non-hydrogen) atoms. The minimum Gasteiger partial charge on any atom is -0.494 e. The highest BCUT2D eigenvalue weighted by molar-refractivity contribution is 6.34. The summed E-state index contributed by atoms with van der Waals surface area (Å²) in [6.07, 6.45) is 0. The van der Waals surface area contributed by atoms with Gasteiger partial charge in [0.1, 0.15) is 5.75 Å². The third-order valence-corrected chi connectivity index (χ3v) is 2.53. The van der Waals surface area contributed by atoms with Gasteiger partial charge in [-0.15, -0.1) is 0 Å². The Morgan fingerprint density at radius 2 is 2.13 bits per heavy atom. The Hall–Kier alpha value is -1.22. The number of carbonyl (C=O) groups is 1. The Labute approximate surface area is 93.9 Å². The fourth-order valence-corrected chi connectivity index (χ4v) is 1.48. The van der Waals surface area contributed by atoms with Crippen molar-refractivity contribution in [1.29, 1.82) is 0 Å². The molecule has 0 spiro atoms. The zero-order valence-corrected chi connectivity index (χ0v) is 9.72. The Balaban J connectivity index is 3.15. The molecule has 0 aromatic heterocycles. The largest absolute Gasteiger partial charge is 0.494 e. The molecule has 0 atom stereocenters. The molecule has 1 aromatic rings. The average Bonchev–Trinajstić information content (AvgIpc) is 2.24. The molecule has 4 heteroatoms. The zero-order chi connectivity index (χ0) is 11.4. The smallest absolute Gasteiger partial charge is 0.339 e. The van der Waals surface area contributed by atoms with Crippen LogP contribution >= 0.6 is 11.6 Å². The lowest BCUT2D eigenvalue weighted by Crippen LogP contribution is -2.04. The summed E-state index contributed by atoms with van der Waals surface area (Å²) in [6, 6.07) is 3.32. The molecular weight excluding hydrogens is 216 g/mol. The number of halogens is 1. The monoisotopic (exact) mass is 228 g/mol. The second kappa shape index (κ2) is 5.03. The normalized spacial score (nSPS) is 9.87. The number of methoxy groups -OCH3 is 1. The highest BCUT2D eigenvalue weighted by Crippen LogP contribution is 2.29. The topological polar surface area (TPSA) is 35.5 Å². The standard InChI is InChI=1S/C11H13ClO3/c1-4-15-9-6-5-8(11(13)14-3)10(12)7(9)2/h5-6H,4H2,1-3H3. The van der Waals surface area contributed by atoms with Gasteiger partial charge in [0.05, 0.1) is 24.3 Å². The molecular formula is C11H13ClO3. The highest BCUT2D eigenvalue weighted by atomic mass is 35.5. The van der Waals surface area contributed by atoms with E-state index in [4.69, 9.17) is 16.3 Å². The maximum atomic E-state index is 11.3. The molecule has 0 aliphatic rings. The first-order valence-corrected chi connectivity index (χ1v) is 4.99. The molecule has 0 unspecified atom stereocenters. The number of benzene rings is 1. The molecule has 1 rings (SSSR count). The van der Waals surface area contributed by atoms with E-state index in [1.54, 1.807) is 19.1 Å². The quantitative estimate of drug-likeness (QED) is 0.747. The molecule has 0 aliphatic heterocycles. The SMILES string of the molecule is CCOc1ccc(C(=O)OC)c(Cl)c1C. The third-order valence-electron chi connectivity index (χ3n) is 2.04. The molecule has 0 heterocycles. The molecule has 0 bridgehead atoms. The fourth-order valence-electron chi connectivity index (χ4n) is 1.25. The lowest BCUT2D eigenvalue weighted by atomic mass is 10.1. The van der Waals surface area contributed by atoms with E-state index in [0.29, 0.717) is 22.9 Å². The molecule has 82 valence electrons. The van der Waals surface area contributed by atoms with Crippen LogP contribution in [-0.4, -0.2) is 19.7 Å². The zero-order valence-electron chi connectivity index (χ0n) is 8.96. The van der Waals surface area contributed by atoms with E-state index < -0.39 is 5.97 Å². The summed E-state index contributed by atoms with van der Waals surface area (Å²) in [7, 11) is 1.32. The van der Waals surface area contributed by atoms with Gasteiger partial charge in [0.15, 0.2) is 0 Å². The third kappa shape index (κ3) is 2.42. The minimum absolute atomic E-state index is 0.361. The van der Waals surface area contributed by atoms with Gasteiger partial charge in [0, 0.05) is 5.56 Å². The second-order valence-electron chi connectivity index (χ2n) is 2.97. The van der Waals surface area contributed by atoms with Crippen molar-refractivity contribution in [2.45, 2.75) is 13.8 Å². The number of hydrogen-bond acceptors (Lipinski definition) is 3. The number of rotatable bonds is 3. The van der Waals surface area contributed by atoms with E-state index in [9.17, 15) is 4.79 Å². The van der Waals surface area contributed by atoms with Crippen LogP contribution in [-0.2, 0) is 4.74 Å². The Kier molecular flexibility index (Phi) is 3.97. The van der Waals surface area contributed by atoms with Crippen LogP contribution in [0, 0.1) is 6.92 Å². The van der Waals surface area contributed by atoms with Gasteiger partial charge in [-0.2, -0.15) is 0 Å². The van der Waals surface area contributed by atoms with Crippen LogP contribution in [0.25, 0.3) is 0 Å². The van der Waals surface area contributed by atoms with Crippen LogP contribution < -0.4 is 4.74 Å². The van der Waals surface area contributed by atoms with Crippen LogP contribution in [0.15, 0.2) is 12.1 Å². The first-order chi connectivity index (χ1) is 7.11. The van der Waals surface area contributed by atoms with Crippen molar-refractivity contribution in [3.8, 4) is 5.75 Å². The van der Waals surface area contributed by atoms with Crippen LogP contribution in [0.5, 0.6) is 5.75 Å². The van der Waals surface area contributed by atoms with Gasteiger partial charge in [-0.25, -0.2) is 4.79 Å². The number of ether oxygens (including phenoxy) is 2. The van der Waals surface area contributed by atoms with E-state index in [-0.39, 0.29) is 0 Å². The van der Waals surface area contributed by atoms with Gasteiger partial charge in [-0.3, -0.25) is 0 Å². The van der Waals surface area contributed by atoms with Crippen molar-refractivity contribution in [3.05, 3.63) is 28.3 Å². The predicted octanol–water partition coefficient (Wildman–Crippen LogP) is 2.83. The lowest BCUT2D eigenvalue weighted by molar-refractivity contribution is 0.0601. The Morgan fingerprint density at radius 1 is 1.47 bits per heavy atom.